The van der Waals surface area contributed by atoms with Crippen molar-refractivity contribution < 1.29 is 13.2 Å². The second-order valence-corrected chi connectivity index (χ2v) is 4.46. The van der Waals surface area contributed by atoms with Gasteiger partial charge in [-0.05, 0) is 35.0 Å². The molecule has 0 aliphatic heterocycles. The highest BCUT2D eigenvalue weighted by Gasteiger charge is 2.34. The highest BCUT2D eigenvalue weighted by Crippen LogP contribution is 2.38. The van der Waals surface area contributed by atoms with Crippen LogP contribution in [0, 0.1) is 0 Å². The lowest BCUT2D eigenvalue weighted by Crippen LogP contribution is -2.07. The van der Waals surface area contributed by atoms with Crippen molar-refractivity contribution in [3.63, 3.8) is 0 Å². The average Bonchev–Trinajstić information content (AvgIpc) is 2.46. The summed E-state index contributed by atoms with van der Waals surface area (Å²) >= 11 is 0. The number of hydrogen-bond acceptors (Lipinski definition) is 1. The molecule has 100 valence electrons. The molecule has 0 unspecified atom stereocenters. The maximum atomic E-state index is 13.2. The summed E-state index contributed by atoms with van der Waals surface area (Å²) in [6.45, 7) is 0. The molecule has 0 bridgehead atoms. The minimum absolute atomic E-state index is 0.108. The normalized spacial score (nSPS) is 11.8. The number of hydrogen-bond donors (Lipinski definition) is 0. The lowest BCUT2D eigenvalue weighted by Gasteiger charge is -2.14. The van der Waals surface area contributed by atoms with Crippen LogP contribution in [-0.2, 0) is 6.18 Å². The molecule has 0 saturated carbocycles. The van der Waals surface area contributed by atoms with E-state index in [2.05, 4.69) is 4.98 Å². The van der Waals surface area contributed by atoms with Crippen molar-refractivity contribution in [1.29, 1.82) is 0 Å². The van der Waals surface area contributed by atoms with Crippen LogP contribution >= 0.6 is 0 Å². The van der Waals surface area contributed by atoms with Crippen molar-refractivity contribution in [2.45, 2.75) is 6.18 Å². The molecule has 3 aromatic rings. The standard InChI is InChI=1S/C16H10F3N/c17-16(18,19)14-10-12-6-2-1-5-11(12)9-13(14)15-7-3-4-8-20-15/h1-10H. The Balaban J connectivity index is 2.33. The van der Waals surface area contributed by atoms with Gasteiger partial charge in [0.05, 0.1) is 11.3 Å². The van der Waals surface area contributed by atoms with Crippen LogP contribution in [-0.4, -0.2) is 4.98 Å². The minimum atomic E-state index is -4.41. The van der Waals surface area contributed by atoms with Crippen molar-refractivity contribution in [2.24, 2.45) is 0 Å². The summed E-state index contributed by atoms with van der Waals surface area (Å²) in [5.74, 6) is 0. The Bertz CT molecular complexity index is 749. The van der Waals surface area contributed by atoms with E-state index in [4.69, 9.17) is 0 Å². The number of nitrogens with zero attached hydrogens (tertiary/aromatic N) is 1. The van der Waals surface area contributed by atoms with E-state index in [1.165, 1.54) is 12.3 Å². The fourth-order valence-corrected chi connectivity index (χ4v) is 2.21. The fourth-order valence-electron chi connectivity index (χ4n) is 2.21. The van der Waals surface area contributed by atoms with Crippen LogP contribution < -0.4 is 0 Å². The second kappa shape index (κ2) is 4.63. The van der Waals surface area contributed by atoms with Crippen LogP contribution in [0.15, 0.2) is 60.8 Å². The number of pyridine rings is 1. The number of benzene rings is 2. The van der Waals surface area contributed by atoms with Gasteiger partial charge < -0.3 is 0 Å². The first-order valence-corrected chi connectivity index (χ1v) is 6.07. The molecule has 2 aromatic carbocycles. The van der Waals surface area contributed by atoms with Crippen molar-refractivity contribution in [3.8, 4) is 11.3 Å². The number of rotatable bonds is 1. The number of alkyl halides is 3. The summed E-state index contributed by atoms with van der Waals surface area (Å²) in [6.07, 6.45) is -2.92. The van der Waals surface area contributed by atoms with Gasteiger partial charge in [-0.2, -0.15) is 13.2 Å². The van der Waals surface area contributed by atoms with Crippen LogP contribution in [0.2, 0.25) is 0 Å². The summed E-state index contributed by atoms with van der Waals surface area (Å²) in [4.78, 5) is 4.03. The van der Waals surface area contributed by atoms with E-state index in [-0.39, 0.29) is 5.56 Å². The van der Waals surface area contributed by atoms with E-state index >= 15 is 0 Å². The van der Waals surface area contributed by atoms with Gasteiger partial charge in [-0.1, -0.05) is 30.3 Å². The molecule has 1 nitrogen and oxygen atoms in total. The zero-order valence-electron chi connectivity index (χ0n) is 10.4. The molecule has 0 spiro atoms. The molecule has 20 heavy (non-hydrogen) atoms. The van der Waals surface area contributed by atoms with E-state index in [1.54, 1.807) is 48.5 Å². The van der Waals surface area contributed by atoms with Gasteiger partial charge in [0.2, 0.25) is 0 Å². The molecule has 0 aliphatic rings. The Hall–Kier alpha value is -2.36. The summed E-state index contributed by atoms with van der Waals surface area (Å²) in [5, 5.41) is 1.33. The van der Waals surface area contributed by atoms with Gasteiger partial charge in [0.25, 0.3) is 0 Å². The van der Waals surface area contributed by atoms with Crippen molar-refractivity contribution in [3.05, 3.63) is 66.4 Å². The van der Waals surface area contributed by atoms with E-state index in [1.807, 2.05) is 0 Å². The first-order valence-electron chi connectivity index (χ1n) is 6.07. The monoisotopic (exact) mass is 273 g/mol. The molecule has 0 saturated heterocycles. The van der Waals surface area contributed by atoms with Gasteiger partial charge in [-0.25, -0.2) is 0 Å². The average molecular weight is 273 g/mol. The Morgan fingerprint density at radius 2 is 1.45 bits per heavy atom. The minimum Gasteiger partial charge on any atom is -0.256 e. The highest BCUT2D eigenvalue weighted by molar-refractivity contribution is 5.88. The maximum Gasteiger partial charge on any atom is 0.417 e. The van der Waals surface area contributed by atoms with Crippen LogP contribution in [0.5, 0.6) is 0 Å². The molecule has 4 heteroatoms. The third-order valence-electron chi connectivity index (χ3n) is 3.13. The molecule has 0 aliphatic carbocycles. The molecule has 0 N–H and O–H groups in total. The molecule has 1 aromatic heterocycles. The number of aromatic nitrogens is 1. The largest absolute Gasteiger partial charge is 0.417 e. The van der Waals surface area contributed by atoms with Crippen molar-refractivity contribution >= 4 is 10.8 Å². The van der Waals surface area contributed by atoms with E-state index in [9.17, 15) is 13.2 Å². The third kappa shape index (κ3) is 2.25. The van der Waals surface area contributed by atoms with E-state index in [0.29, 0.717) is 11.1 Å². The smallest absolute Gasteiger partial charge is 0.256 e. The summed E-state index contributed by atoms with van der Waals surface area (Å²) in [7, 11) is 0. The van der Waals surface area contributed by atoms with Gasteiger partial charge >= 0.3 is 6.18 Å². The Kier molecular flexibility index (Phi) is 2.93. The molecular formula is C16H10F3N. The van der Waals surface area contributed by atoms with Crippen molar-refractivity contribution in [1.82, 2.24) is 4.98 Å². The summed E-state index contributed by atoms with van der Waals surface area (Å²) < 4.78 is 39.7. The molecule has 0 atom stereocenters. The van der Waals surface area contributed by atoms with Crippen LogP contribution in [0.1, 0.15) is 5.56 Å². The zero-order chi connectivity index (χ0) is 14.2. The van der Waals surface area contributed by atoms with Crippen LogP contribution in [0.3, 0.4) is 0 Å². The molecule has 0 fully saturated rings. The quantitative estimate of drug-likeness (QED) is 0.613. The lowest BCUT2D eigenvalue weighted by molar-refractivity contribution is -0.137. The van der Waals surface area contributed by atoms with Crippen LogP contribution in [0.4, 0.5) is 13.2 Å². The summed E-state index contributed by atoms with van der Waals surface area (Å²) in [5.41, 5.74) is -0.225. The first-order chi connectivity index (χ1) is 9.55. The predicted octanol–water partition coefficient (Wildman–Crippen LogP) is 4.92. The molecule has 0 amide bonds. The third-order valence-corrected chi connectivity index (χ3v) is 3.13. The topological polar surface area (TPSA) is 12.9 Å². The first kappa shape index (κ1) is 12.7. The number of halogens is 3. The lowest BCUT2D eigenvalue weighted by atomic mass is 9.98. The Labute approximate surface area is 113 Å². The maximum absolute atomic E-state index is 13.2. The summed E-state index contributed by atoms with van der Waals surface area (Å²) in [6, 6.07) is 14.7. The highest BCUT2D eigenvalue weighted by atomic mass is 19.4. The zero-order valence-corrected chi connectivity index (χ0v) is 10.4. The molecule has 3 rings (SSSR count). The fraction of sp³-hybridized carbons (Fsp3) is 0.0625. The SMILES string of the molecule is FC(F)(F)c1cc2ccccc2cc1-c1ccccn1. The molecular weight excluding hydrogens is 263 g/mol. The van der Waals surface area contributed by atoms with Gasteiger partial charge in [0.15, 0.2) is 0 Å². The van der Waals surface area contributed by atoms with Gasteiger partial charge in [0.1, 0.15) is 0 Å². The molecule has 1 heterocycles. The number of fused-ring (bicyclic) bond motifs is 1. The van der Waals surface area contributed by atoms with Gasteiger partial charge in [-0.3, -0.25) is 4.98 Å². The predicted molar refractivity (Wildman–Crippen MR) is 72.2 cm³/mol. The van der Waals surface area contributed by atoms with Gasteiger partial charge in [0, 0.05) is 11.8 Å². The molecule has 0 radical (unpaired) electrons. The van der Waals surface area contributed by atoms with Crippen molar-refractivity contribution in [2.75, 3.05) is 0 Å². The Morgan fingerprint density at radius 1 is 0.800 bits per heavy atom. The van der Waals surface area contributed by atoms with E-state index in [0.717, 1.165) is 5.39 Å². The van der Waals surface area contributed by atoms with Crippen LogP contribution in [0.25, 0.3) is 22.0 Å². The second-order valence-electron chi connectivity index (χ2n) is 4.46. The van der Waals surface area contributed by atoms with E-state index < -0.39 is 11.7 Å². The Morgan fingerprint density at radius 3 is 2.05 bits per heavy atom. The van der Waals surface area contributed by atoms with Gasteiger partial charge in [-0.15, -0.1) is 0 Å².